The monoisotopic (exact) mass is 169 g/mol. The standard InChI is InChI=1S/C7H11N3O2/c1-4-9-7(12-10-4)6-5(8)2-3-11-6/h5-6H,2-3,8H2,1H3. The van der Waals surface area contributed by atoms with E-state index in [4.69, 9.17) is 15.0 Å². The van der Waals surface area contributed by atoms with Crippen LogP contribution < -0.4 is 5.73 Å². The molecule has 1 saturated heterocycles. The average Bonchev–Trinajstić information content (AvgIpc) is 2.58. The van der Waals surface area contributed by atoms with Crippen molar-refractivity contribution in [2.75, 3.05) is 6.61 Å². The molecule has 0 spiro atoms. The van der Waals surface area contributed by atoms with Gasteiger partial charge in [-0.2, -0.15) is 4.98 Å². The third kappa shape index (κ3) is 1.21. The Labute approximate surface area is 69.9 Å². The fourth-order valence-corrected chi connectivity index (χ4v) is 1.29. The Morgan fingerprint density at radius 2 is 2.42 bits per heavy atom. The van der Waals surface area contributed by atoms with Gasteiger partial charge in [0.15, 0.2) is 11.9 Å². The minimum atomic E-state index is -0.203. The van der Waals surface area contributed by atoms with Crippen LogP contribution in [0.3, 0.4) is 0 Å². The molecule has 2 N–H and O–H groups in total. The lowest BCUT2D eigenvalue weighted by atomic mass is 10.1. The molecule has 5 nitrogen and oxygen atoms in total. The summed E-state index contributed by atoms with van der Waals surface area (Å²) < 4.78 is 10.3. The summed E-state index contributed by atoms with van der Waals surface area (Å²) in [5.74, 6) is 1.12. The van der Waals surface area contributed by atoms with Crippen LogP contribution in [0.4, 0.5) is 0 Å². The molecule has 1 aliphatic heterocycles. The van der Waals surface area contributed by atoms with Gasteiger partial charge in [0.2, 0.25) is 0 Å². The molecule has 1 fully saturated rings. The van der Waals surface area contributed by atoms with Crippen LogP contribution >= 0.6 is 0 Å². The highest BCUT2D eigenvalue weighted by Crippen LogP contribution is 2.25. The Bertz CT molecular complexity index is 273. The van der Waals surface area contributed by atoms with E-state index in [0.29, 0.717) is 18.3 Å². The summed E-state index contributed by atoms with van der Waals surface area (Å²) >= 11 is 0. The maximum atomic E-state index is 5.77. The van der Waals surface area contributed by atoms with Crippen molar-refractivity contribution < 1.29 is 9.26 Å². The number of hydrogen-bond acceptors (Lipinski definition) is 5. The molecule has 2 unspecified atom stereocenters. The molecule has 0 aliphatic carbocycles. The predicted molar refractivity (Wildman–Crippen MR) is 40.3 cm³/mol. The maximum absolute atomic E-state index is 5.77. The summed E-state index contributed by atoms with van der Waals surface area (Å²) in [7, 11) is 0. The van der Waals surface area contributed by atoms with Gasteiger partial charge in [-0.05, 0) is 13.3 Å². The molecule has 0 aromatic carbocycles. The van der Waals surface area contributed by atoms with E-state index in [-0.39, 0.29) is 12.1 Å². The number of ether oxygens (including phenoxy) is 1. The lowest BCUT2D eigenvalue weighted by molar-refractivity contribution is 0.0767. The van der Waals surface area contributed by atoms with Crippen LogP contribution in [-0.4, -0.2) is 22.8 Å². The molecule has 0 saturated carbocycles. The number of aryl methyl sites for hydroxylation is 1. The zero-order valence-corrected chi connectivity index (χ0v) is 6.86. The summed E-state index contributed by atoms with van der Waals surface area (Å²) in [6.07, 6.45) is 0.651. The van der Waals surface area contributed by atoms with Crippen molar-refractivity contribution in [3.63, 3.8) is 0 Å². The van der Waals surface area contributed by atoms with E-state index in [1.165, 1.54) is 0 Å². The summed E-state index contributed by atoms with van der Waals surface area (Å²) in [6.45, 7) is 2.45. The van der Waals surface area contributed by atoms with E-state index in [1.54, 1.807) is 6.92 Å². The molecule has 12 heavy (non-hydrogen) atoms. The smallest absolute Gasteiger partial charge is 0.257 e. The third-order valence-corrected chi connectivity index (χ3v) is 1.92. The van der Waals surface area contributed by atoms with E-state index in [0.717, 1.165) is 6.42 Å². The van der Waals surface area contributed by atoms with Gasteiger partial charge in [0.25, 0.3) is 5.89 Å². The van der Waals surface area contributed by atoms with Gasteiger partial charge >= 0.3 is 0 Å². The normalized spacial score (nSPS) is 29.5. The molecule has 5 heteroatoms. The second kappa shape index (κ2) is 2.84. The largest absolute Gasteiger partial charge is 0.367 e. The SMILES string of the molecule is Cc1noc(C2OCCC2N)n1. The van der Waals surface area contributed by atoms with Gasteiger partial charge in [0.1, 0.15) is 0 Å². The number of hydrogen-bond donors (Lipinski definition) is 1. The molecular weight excluding hydrogens is 158 g/mol. The molecule has 1 aliphatic rings. The summed E-state index contributed by atoms with van der Waals surface area (Å²) in [5, 5.41) is 3.67. The van der Waals surface area contributed by atoms with Gasteiger partial charge in [0.05, 0.1) is 0 Å². The first kappa shape index (κ1) is 7.70. The second-order valence-electron chi connectivity index (χ2n) is 2.92. The zero-order chi connectivity index (χ0) is 8.55. The Balaban J connectivity index is 2.19. The second-order valence-corrected chi connectivity index (χ2v) is 2.92. The Morgan fingerprint density at radius 1 is 1.58 bits per heavy atom. The van der Waals surface area contributed by atoms with E-state index < -0.39 is 0 Å². The van der Waals surface area contributed by atoms with E-state index >= 15 is 0 Å². The van der Waals surface area contributed by atoms with E-state index in [9.17, 15) is 0 Å². The van der Waals surface area contributed by atoms with Crippen LogP contribution in [0.25, 0.3) is 0 Å². The van der Waals surface area contributed by atoms with E-state index in [2.05, 4.69) is 10.1 Å². The van der Waals surface area contributed by atoms with Crippen LogP contribution in [0.15, 0.2) is 4.52 Å². The van der Waals surface area contributed by atoms with Crippen molar-refractivity contribution in [2.24, 2.45) is 5.73 Å². The number of aromatic nitrogens is 2. The number of nitrogens with zero attached hydrogens (tertiary/aromatic N) is 2. The summed E-state index contributed by atoms with van der Waals surface area (Å²) in [4.78, 5) is 4.06. The maximum Gasteiger partial charge on any atom is 0.257 e. The minimum Gasteiger partial charge on any atom is -0.367 e. The fourth-order valence-electron chi connectivity index (χ4n) is 1.29. The zero-order valence-electron chi connectivity index (χ0n) is 6.86. The molecule has 2 heterocycles. The first-order chi connectivity index (χ1) is 5.77. The summed E-state index contributed by atoms with van der Waals surface area (Å²) in [5.41, 5.74) is 5.77. The van der Waals surface area contributed by atoms with Crippen molar-refractivity contribution in [1.82, 2.24) is 10.1 Å². The Hall–Kier alpha value is -0.940. The molecule has 1 aromatic rings. The molecule has 2 atom stereocenters. The van der Waals surface area contributed by atoms with Crippen molar-refractivity contribution >= 4 is 0 Å². The highest BCUT2D eigenvalue weighted by molar-refractivity contribution is 4.95. The molecule has 0 radical (unpaired) electrons. The average molecular weight is 169 g/mol. The van der Waals surface area contributed by atoms with Crippen LogP contribution in [0.2, 0.25) is 0 Å². The lowest BCUT2D eigenvalue weighted by Gasteiger charge is -2.07. The Kier molecular flexibility index (Phi) is 1.82. The third-order valence-electron chi connectivity index (χ3n) is 1.92. The van der Waals surface area contributed by atoms with Crippen LogP contribution in [0, 0.1) is 6.92 Å². The number of rotatable bonds is 1. The van der Waals surface area contributed by atoms with Crippen LogP contribution in [0.1, 0.15) is 24.2 Å². The summed E-state index contributed by atoms with van der Waals surface area (Å²) in [6, 6.07) is -0.00940. The molecule has 2 rings (SSSR count). The van der Waals surface area contributed by atoms with Gasteiger partial charge in [-0.15, -0.1) is 0 Å². The van der Waals surface area contributed by atoms with Crippen molar-refractivity contribution in [3.8, 4) is 0 Å². The van der Waals surface area contributed by atoms with Gasteiger partial charge < -0.3 is 15.0 Å². The lowest BCUT2D eigenvalue weighted by Crippen LogP contribution is -2.23. The van der Waals surface area contributed by atoms with Crippen LogP contribution in [0.5, 0.6) is 0 Å². The van der Waals surface area contributed by atoms with E-state index in [1.807, 2.05) is 0 Å². The van der Waals surface area contributed by atoms with Crippen LogP contribution in [-0.2, 0) is 4.74 Å². The number of nitrogens with two attached hydrogens (primary N) is 1. The molecule has 0 bridgehead atoms. The van der Waals surface area contributed by atoms with Crippen molar-refractivity contribution in [2.45, 2.75) is 25.5 Å². The minimum absolute atomic E-state index is 0.00940. The Morgan fingerprint density at radius 3 is 2.92 bits per heavy atom. The molecule has 0 amide bonds. The van der Waals surface area contributed by atoms with Crippen molar-refractivity contribution in [3.05, 3.63) is 11.7 Å². The van der Waals surface area contributed by atoms with Gasteiger partial charge in [-0.1, -0.05) is 5.16 Å². The van der Waals surface area contributed by atoms with Crippen molar-refractivity contribution in [1.29, 1.82) is 0 Å². The molecule has 66 valence electrons. The molecule has 1 aromatic heterocycles. The van der Waals surface area contributed by atoms with Gasteiger partial charge in [-0.3, -0.25) is 0 Å². The fraction of sp³-hybridized carbons (Fsp3) is 0.714. The predicted octanol–water partition coefficient (Wildman–Crippen LogP) is 0.167. The molecular formula is C7H11N3O2. The first-order valence-corrected chi connectivity index (χ1v) is 3.95. The highest BCUT2D eigenvalue weighted by Gasteiger charge is 2.30. The van der Waals surface area contributed by atoms with Gasteiger partial charge in [-0.25, -0.2) is 0 Å². The van der Waals surface area contributed by atoms with Gasteiger partial charge in [0, 0.05) is 12.6 Å². The topological polar surface area (TPSA) is 74.2 Å². The highest BCUT2D eigenvalue weighted by atomic mass is 16.5. The quantitative estimate of drug-likeness (QED) is 0.648. The first-order valence-electron chi connectivity index (χ1n) is 3.95.